The van der Waals surface area contributed by atoms with Crippen LogP contribution in [0.15, 0.2) is 0 Å². The normalized spacial score (nSPS) is 13.7. The molecule has 0 aliphatic heterocycles. The van der Waals surface area contributed by atoms with E-state index in [-0.39, 0.29) is 36.6 Å². The van der Waals surface area contributed by atoms with Crippen LogP contribution in [0.4, 0.5) is 0 Å². The van der Waals surface area contributed by atoms with E-state index in [0.29, 0.717) is 0 Å². The van der Waals surface area contributed by atoms with Gasteiger partial charge >= 0.3 is 210 Å². The molecule has 0 unspecified atom stereocenters. The van der Waals surface area contributed by atoms with Gasteiger partial charge in [0.05, 0.1) is 0 Å². The van der Waals surface area contributed by atoms with Gasteiger partial charge in [-0.15, -0.1) is 0 Å². The summed E-state index contributed by atoms with van der Waals surface area (Å²) >= 11 is -6.63. The summed E-state index contributed by atoms with van der Waals surface area (Å²) in [6, 6.07) is 0. The Hall–Kier alpha value is 1.19. The van der Waals surface area contributed by atoms with E-state index < -0.39 is 35.5 Å². The molecule has 8 heteroatoms. The fourth-order valence-electron chi connectivity index (χ4n) is 3.71. The molecular weight excluding hydrogens is 480 g/mol. The molecule has 194 valence electrons. The summed E-state index contributed by atoms with van der Waals surface area (Å²) in [7, 11) is 0. The van der Waals surface area contributed by atoms with E-state index in [9.17, 15) is 0 Å². The summed E-state index contributed by atoms with van der Waals surface area (Å²) in [6.45, 7) is 24.8. The number of hydrogen-bond donors (Lipinski definition) is 0. The molecule has 0 heterocycles. The second-order valence-corrected chi connectivity index (χ2v) is 18.3. The van der Waals surface area contributed by atoms with E-state index in [1.54, 1.807) is 0 Å². The average Bonchev–Trinajstić information content (AvgIpc) is 2.53. The topological polar surface area (TPSA) is 55.4 Å². The molecule has 0 fully saturated rings. The van der Waals surface area contributed by atoms with Crippen LogP contribution >= 0.6 is 0 Å². The zero-order chi connectivity index (χ0) is 24.9. The van der Waals surface area contributed by atoms with Gasteiger partial charge in [0, 0.05) is 0 Å². The molecule has 32 heavy (non-hydrogen) atoms. The third-order valence-electron chi connectivity index (χ3n) is 4.21. The first-order valence-corrected chi connectivity index (χ1v) is 18.8. The van der Waals surface area contributed by atoms with Crippen molar-refractivity contribution in [3.8, 4) is 0 Å². The van der Waals surface area contributed by atoms with Crippen LogP contribution in [0.25, 0.3) is 0 Å². The fraction of sp³-hybridized carbons (Fsp3) is 1.00. The molecular formula is C24H54O6Ti2. The average molecular weight is 534 g/mol. The van der Waals surface area contributed by atoms with Gasteiger partial charge in [0.2, 0.25) is 0 Å². The minimum absolute atomic E-state index is 0.107. The predicted octanol–water partition coefficient (Wildman–Crippen LogP) is 7.73. The third kappa shape index (κ3) is 16.0. The van der Waals surface area contributed by atoms with Crippen molar-refractivity contribution in [2.45, 2.75) is 155 Å². The quantitative estimate of drug-likeness (QED) is 0.125. The van der Waals surface area contributed by atoms with Crippen LogP contribution in [0.1, 0.15) is 109 Å². The zero-order valence-corrected chi connectivity index (χ0v) is 26.3. The van der Waals surface area contributed by atoms with Gasteiger partial charge in [0.15, 0.2) is 0 Å². The van der Waals surface area contributed by atoms with Crippen molar-refractivity contribution in [3.63, 3.8) is 0 Å². The summed E-state index contributed by atoms with van der Waals surface area (Å²) in [5.74, 6) is 0. The molecule has 0 N–H and O–H groups in total. The third-order valence-corrected chi connectivity index (χ3v) is 15.0. The van der Waals surface area contributed by atoms with Crippen molar-refractivity contribution in [1.29, 1.82) is 0 Å². The predicted molar refractivity (Wildman–Crippen MR) is 125 cm³/mol. The summed E-state index contributed by atoms with van der Waals surface area (Å²) < 4.78 is 39.9. The van der Waals surface area contributed by atoms with E-state index in [4.69, 9.17) is 19.9 Å². The van der Waals surface area contributed by atoms with Crippen LogP contribution < -0.4 is 0 Å². The van der Waals surface area contributed by atoms with Gasteiger partial charge in [-0.1, -0.05) is 0 Å². The maximum absolute atomic E-state index is 6.34. The fourth-order valence-corrected chi connectivity index (χ4v) is 14.2. The van der Waals surface area contributed by atoms with Gasteiger partial charge in [0.1, 0.15) is 0 Å². The van der Waals surface area contributed by atoms with Crippen molar-refractivity contribution in [2.24, 2.45) is 0 Å². The summed E-state index contributed by atoms with van der Waals surface area (Å²) in [5.41, 5.74) is 0. The molecule has 6 nitrogen and oxygen atoms in total. The minimum atomic E-state index is -3.31. The van der Waals surface area contributed by atoms with Gasteiger partial charge in [-0.2, -0.15) is 0 Å². The molecule has 0 aliphatic rings. The van der Waals surface area contributed by atoms with Crippen LogP contribution in [0.3, 0.4) is 0 Å². The van der Waals surface area contributed by atoms with E-state index in [2.05, 4.69) is 83.1 Å². The molecule has 0 rings (SSSR count). The van der Waals surface area contributed by atoms with Gasteiger partial charge in [-0.25, -0.2) is 0 Å². The van der Waals surface area contributed by atoms with E-state index in [0.717, 1.165) is 35.1 Å². The van der Waals surface area contributed by atoms with Crippen molar-refractivity contribution in [2.75, 3.05) is 0 Å². The second-order valence-electron chi connectivity index (χ2n) is 10.3. The molecule has 0 bridgehead atoms. The Kier molecular flexibility index (Phi) is 17.4. The van der Waals surface area contributed by atoms with Crippen molar-refractivity contribution >= 4 is 0 Å². The van der Waals surface area contributed by atoms with Crippen LogP contribution in [0.5, 0.6) is 0 Å². The Labute approximate surface area is 209 Å². The molecule has 0 amide bonds. The molecule has 0 atom stereocenters. The van der Waals surface area contributed by atoms with E-state index in [1.807, 2.05) is 0 Å². The first-order valence-electron chi connectivity index (χ1n) is 12.8. The SMILES string of the molecule is CC(C)[O][Ti]([CH2]CCCC[CH2][Ti]([O]C(C)C)([O]C(C)C)[O]C(C)C)([O]C(C)C)[O]C(C)C. The molecule has 0 aromatic carbocycles. The van der Waals surface area contributed by atoms with Gasteiger partial charge in [0.25, 0.3) is 0 Å². The summed E-state index contributed by atoms with van der Waals surface area (Å²) in [6.07, 6.45) is 4.96. The van der Waals surface area contributed by atoms with Crippen LogP contribution in [-0.4, -0.2) is 36.6 Å². The number of unbranched alkanes of at least 4 members (excludes halogenated alkanes) is 3. The van der Waals surface area contributed by atoms with Gasteiger partial charge in [-0.05, 0) is 0 Å². The molecule has 0 aromatic heterocycles. The monoisotopic (exact) mass is 534 g/mol. The van der Waals surface area contributed by atoms with E-state index in [1.165, 1.54) is 0 Å². The van der Waals surface area contributed by atoms with Gasteiger partial charge < -0.3 is 0 Å². The maximum atomic E-state index is 6.34. The van der Waals surface area contributed by atoms with Crippen molar-refractivity contribution in [3.05, 3.63) is 0 Å². The van der Waals surface area contributed by atoms with Crippen LogP contribution in [0, 0.1) is 0 Å². The number of hydrogen-bond acceptors (Lipinski definition) is 6. The molecule has 0 aliphatic carbocycles. The molecule has 0 radical (unpaired) electrons. The Morgan fingerprint density at radius 3 is 0.688 bits per heavy atom. The van der Waals surface area contributed by atoms with E-state index >= 15 is 0 Å². The van der Waals surface area contributed by atoms with Crippen molar-refractivity contribution < 1.29 is 55.4 Å². The number of rotatable bonds is 19. The molecule has 0 saturated carbocycles. The van der Waals surface area contributed by atoms with Crippen LogP contribution in [-0.2, 0) is 55.4 Å². The molecule has 0 aromatic rings. The van der Waals surface area contributed by atoms with Gasteiger partial charge in [-0.3, -0.25) is 0 Å². The Bertz CT molecular complexity index is 374. The standard InChI is InChI=1S/C6H12.6C3H7O.2Ti/c1-3-5-6-4-2;6*1-3(2)4;;/h1-6H2;6*3H,1-2H3;;/q;6*-1;2*+3. The Morgan fingerprint density at radius 2 is 0.531 bits per heavy atom. The molecule has 0 spiro atoms. The Morgan fingerprint density at radius 1 is 0.344 bits per heavy atom. The summed E-state index contributed by atoms with van der Waals surface area (Å²) in [4.78, 5) is 0. The first kappa shape index (κ1) is 33.2. The first-order chi connectivity index (χ1) is 14.7. The zero-order valence-electron chi connectivity index (χ0n) is 23.2. The second kappa shape index (κ2) is 16.8. The molecule has 0 saturated heterocycles. The summed E-state index contributed by atoms with van der Waals surface area (Å²) in [5, 5.41) is 0. The Balaban J connectivity index is 4.95. The van der Waals surface area contributed by atoms with Crippen LogP contribution in [0.2, 0.25) is 9.45 Å². The van der Waals surface area contributed by atoms with Crippen molar-refractivity contribution in [1.82, 2.24) is 0 Å².